The molecule has 0 aliphatic rings. The highest BCUT2D eigenvalue weighted by Crippen LogP contribution is 2.17. The molecule has 0 fully saturated rings. The Morgan fingerprint density at radius 1 is 1.17 bits per heavy atom. The molecule has 0 aliphatic heterocycles. The molecule has 0 heterocycles. The van der Waals surface area contributed by atoms with Crippen molar-refractivity contribution < 1.29 is 14.3 Å². The second kappa shape index (κ2) is 8.77. The van der Waals surface area contributed by atoms with Gasteiger partial charge in [-0.2, -0.15) is 0 Å². The second-order valence-electron chi connectivity index (χ2n) is 5.60. The molecule has 2 aromatic carbocycles. The number of para-hydroxylation sites is 1. The number of carbonyl (C=O) groups is 1. The maximum Gasteiger partial charge on any atom is 0.244 e. The number of nitrogens with one attached hydrogen (secondary N) is 1. The predicted molar refractivity (Wildman–Crippen MR) is 96.1 cm³/mol. The van der Waals surface area contributed by atoms with Crippen LogP contribution in [0.4, 0.5) is 0 Å². The minimum absolute atomic E-state index is 0.119. The van der Waals surface area contributed by atoms with E-state index in [9.17, 15) is 4.79 Å². The van der Waals surface area contributed by atoms with E-state index in [4.69, 9.17) is 9.47 Å². The van der Waals surface area contributed by atoms with Gasteiger partial charge in [-0.1, -0.05) is 30.3 Å². The lowest BCUT2D eigenvalue weighted by atomic mass is 10.2. The molecule has 0 atom stereocenters. The molecular formula is C20H23NO3. The van der Waals surface area contributed by atoms with Crippen LogP contribution in [0.25, 0.3) is 6.08 Å². The maximum atomic E-state index is 12.0. The quantitative estimate of drug-likeness (QED) is 0.788. The van der Waals surface area contributed by atoms with Crippen LogP contribution in [0.1, 0.15) is 25.0 Å². The molecule has 0 bridgehead atoms. The highest BCUT2D eigenvalue weighted by molar-refractivity contribution is 5.91. The number of amides is 1. The molecule has 0 radical (unpaired) electrons. The number of hydrogen-bond donors (Lipinski definition) is 1. The molecule has 2 aromatic rings. The summed E-state index contributed by atoms with van der Waals surface area (Å²) in [5, 5.41) is 2.85. The maximum absolute atomic E-state index is 12.0. The first-order valence-corrected chi connectivity index (χ1v) is 7.93. The van der Waals surface area contributed by atoms with E-state index in [1.54, 1.807) is 13.2 Å². The molecule has 0 unspecified atom stereocenters. The monoisotopic (exact) mass is 325 g/mol. The van der Waals surface area contributed by atoms with E-state index in [1.807, 2.05) is 62.4 Å². The Hall–Kier alpha value is -2.75. The average molecular weight is 325 g/mol. The van der Waals surface area contributed by atoms with Crippen molar-refractivity contribution in [1.82, 2.24) is 5.32 Å². The molecule has 2 rings (SSSR count). The summed E-state index contributed by atoms with van der Waals surface area (Å²) in [6.07, 6.45) is 3.41. The fraction of sp³-hybridized carbons (Fsp3) is 0.250. The molecule has 0 aliphatic carbocycles. The van der Waals surface area contributed by atoms with Gasteiger partial charge >= 0.3 is 0 Å². The summed E-state index contributed by atoms with van der Waals surface area (Å²) < 4.78 is 10.9. The van der Waals surface area contributed by atoms with Crippen molar-refractivity contribution in [2.24, 2.45) is 0 Å². The van der Waals surface area contributed by atoms with Crippen LogP contribution in [0.2, 0.25) is 0 Å². The Bertz CT molecular complexity index is 708. The highest BCUT2D eigenvalue weighted by atomic mass is 16.5. The molecule has 24 heavy (non-hydrogen) atoms. The summed E-state index contributed by atoms with van der Waals surface area (Å²) in [4.78, 5) is 12.0. The van der Waals surface area contributed by atoms with Crippen LogP contribution >= 0.6 is 0 Å². The van der Waals surface area contributed by atoms with Gasteiger partial charge in [0, 0.05) is 18.2 Å². The predicted octanol–water partition coefficient (Wildman–Crippen LogP) is 3.81. The van der Waals surface area contributed by atoms with Crippen LogP contribution < -0.4 is 14.8 Å². The molecule has 0 saturated carbocycles. The summed E-state index contributed by atoms with van der Waals surface area (Å²) in [6.45, 7) is 4.38. The van der Waals surface area contributed by atoms with Crippen molar-refractivity contribution >= 4 is 12.0 Å². The van der Waals surface area contributed by atoms with E-state index in [0.717, 1.165) is 22.6 Å². The van der Waals surface area contributed by atoms with Crippen LogP contribution in [0.3, 0.4) is 0 Å². The molecule has 0 spiro atoms. The molecule has 1 amide bonds. The van der Waals surface area contributed by atoms with Gasteiger partial charge in [-0.3, -0.25) is 4.79 Å². The zero-order valence-corrected chi connectivity index (χ0v) is 14.3. The third kappa shape index (κ3) is 5.47. The first-order chi connectivity index (χ1) is 11.6. The number of hydrogen-bond acceptors (Lipinski definition) is 3. The Labute approximate surface area is 143 Å². The van der Waals surface area contributed by atoms with Crippen LogP contribution in [0, 0.1) is 0 Å². The van der Waals surface area contributed by atoms with Gasteiger partial charge in [0.05, 0.1) is 13.2 Å². The van der Waals surface area contributed by atoms with E-state index >= 15 is 0 Å². The number of ether oxygens (including phenoxy) is 2. The fourth-order valence-corrected chi connectivity index (χ4v) is 2.23. The average Bonchev–Trinajstić information content (AvgIpc) is 2.58. The van der Waals surface area contributed by atoms with Crippen LogP contribution in [0.5, 0.6) is 11.5 Å². The first-order valence-electron chi connectivity index (χ1n) is 7.93. The Kier molecular flexibility index (Phi) is 6.43. The van der Waals surface area contributed by atoms with Gasteiger partial charge in [0.2, 0.25) is 5.91 Å². The Balaban J connectivity index is 1.93. The van der Waals surface area contributed by atoms with Crippen LogP contribution in [-0.2, 0) is 11.3 Å². The van der Waals surface area contributed by atoms with Crippen molar-refractivity contribution in [3.8, 4) is 11.5 Å². The summed E-state index contributed by atoms with van der Waals surface area (Å²) in [7, 11) is 1.62. The van der Waals surface area contributed by atoms with Crippen molar-refractivity contribution in [3.05, 3.63) is 65.7 Å². The van der Waals surface area contributed by atoms with E-state index in [0.29, 0.717) is 6.54 Å². The standard InChI is InChI=1S/C20H23NO3/c1-15(2)24-18-9-6-7-16(13-18)11-12-20(22)21-14-17-8-4-5-10-19(17)23-3/h4-13,15H,14H2,1-3H3,(H,21,22)/b12-11+. The SMILES string of the molecule is COc1ccccc1CNC(=O)/C=C/c1cccc(OC(C)C)c1. The summed E-state index contributed by atoms with van der Waals surface area (Å²) in [6, 6.07) is 15.3. The lowest BCUT2D eigenvalue weighted by Gasteiger charge is -2.09. The van der Waals surface area contributed by atoms with Gasteiger partial charge in [0.25, 0.3) is 0 Å². The third-order valence-corrected chi connectivity index (χ3v) is 3.30. The second-order valence-corrected chi connectivity index (χ2v) is 5.60. The van der Waals surface area contributed by atoms with Crippen LogP contribution in [0.15, 0.2) is 54.6 Å². The molecule has 4 heteroatoms. The minimum atomic E-state index is -0.156. The zero-order valence-electron chi connectivity index (χ0n) is 14.3. The summed E-state index contributed by atoms with van der Waals surface area (Å²) in [5.74, 6) is 1.40. The van der Waals surface area contributed by atoms with Gasteiger partial charge in [0.1, 0.15) is 11.5 Å². The number of rotatable bonds is 7. The van der Waals surface area contributed by atoms with Gasteiger partial charge in [-0.25, -0.2) is 0 Å². The number of benzene rings is 2. The summed E-state index contributed by atoms with van der Waals surface area (Å²) in [5.41, 5.74) is 1.86. The fourth-order valence-electron chi connectivity index (χ4n) is 2.23. The van der Waals surface area contributed by atoms with Gasteiger partial charge in [0.15, 0.2) is 0 Å². The largest absolute Gasteiger partial charge is 0.496 e. The number of carbonyl (C=O) groups excluding carboxylic acids is 1. The number of methoxy groups -OCH3 is 1. The van der Waals surface area contributed by atoms with Crippen molar-refractivity contribution in [3.63, 3.8) is 0 Å². The topological polar surface area (TPSA) is 47.6 Å². The van der Waals surface area contributed by atoms with E-state index < -0.39 is 0 Å². The lowest BCUT2D eigenvalue weighted by molar-refractivity contribution is -0.116. The zero-order chi connectivity index (χ0) is 17.4. The van der Waals surface area contributed by atoms with Crippen molar-refractivity contribution in [1.29, 1.82) is 0 Å². The molecule has 0 saturated heterocycles. The Morgan fingerprint density at radius 2 is 1.96 bits per heavy atom. The van der Waals surface area contributed by atoms with E-state index in [-0.39, 0.29) is 12.0 Å². The Morgan fingerprint density at radius 3 is 2.71 bits per heavy atom. The first kappa shape index (κ1) is 17.6. The normalized spacial score (nSPS) is 10.8. The molecule has 1 N–H and O–H groups in total. The van der Waals surface area contributed by atoms with Crippen molar-refractivity contribution in [2.75, 3.05) is 7.11 Å². The van der Waals surface area contributed by atoms with Crippen molar-refractivity contribution in [2.45, 2.75) is 26.5 Å². The van der Waals surface area contributed by atoms with Gasteiger partial charge in [-0.15, -0.1) is 0 Å². The highest BCUT2D eigenvalue weighted by Gasteiger charge is 2.03. The van der Waals surface area contributed by atoms with E-state index in [2.05, 4.69) is 5.32 Å². The van der Waals surface area contributed by atoms with E-state index in [1.165, 1.54) is 6.08 Å². The molecule has 0 aromatic heterocycles. The third-order valence-electron chi connectivity index (χ3n) is 3.30. The lowest BCUT2D eigenvalue weighted by Crippen LogP contribution is -2.20. The smallest absolute Gasteiger partial charge is 0.244 e. The van der Waals surface area contributed by atoms with Gasteiger partial charge < -0.3 is 14.8 Å². The molecular weight excluding hydrogens is 302 g/mol. The summed E-state index contributed by atoms with van der Waals surface area (Å²) >= 11 is 0. The van der Waals surface area contributed by atoms with Gasteiger partial charge in [-0.05, 0) is 43.7 Å². The minimum Gasteiger partial charge on any atom is -0.496 e. The molecule has 126 valence electrons. The molecule has 4 nitrogen and oxygen atoms in total. The van der Waals surface area contributed by atoms with Crippen LogP contribution in [-0.4, -0.2) is 19.1 Å².